The van der Waals surface area contributed by atoms with Crippen molar-refractivity contribution in [3.05, 3.63) is 45.0 Å². The fraction of sp³-hybridized carbons (Fsp3) is 0.278. The average Bonchev–Trinajstić information content (AvgIpc) is 2.81. The first kappa shape index (κ1) is 15.3. The molecule has 2 aromatic carbocycles. The topological polar surface area (TPSA) is 35.5 Å². The minimum atomic E-state index is 0.0820. The van der Waals surface area contributed by atoms with Gasteiger partial charge in [0.2, 0.25) is 0 Å². The summed E-state index contributed by atoms with van der Waals surface area (Å²) in [6, 6.07) is 10.0. The van der Waals surface area contributed by atoms with Crippen molar-refractivity contribution in [2.45, 2.75) is 13.3 Å². The first-order valence-corrected chi connectivity index (χ1v) is 8.21. The molecule has 0 fully saturated rings. The average molecular weight is 408 g/mol. The van der Waals surface area contributed by atoms with Gasteiger partial charge in [0, 0.05) is 21.1 Å². The summed E-state index contributed by atoms with van der Waals surface area (Å²) in [5.41, 5.74) is 4.15. The Hall–Kier alpha value is -1.56. The van der Waals surface area contributed by atoms with E-state index in [1.54, 1.807) is 14.2 Å². The van der Waals surface area contributed by atoms with Crippen molar-refractivity contribution in [3.8, 4) is 22.6 Å². The Bertz CT molecular complexity index is 730. The quantitative estimate of drug-likeness (QED) is 0.709. The summed E-state index contributed by atoms with van der Waals surface area (Å²) in [6.07, 6.45) is 0.819. The van der Waals surface area contributed by atoms with E-state index in [9.17, 15) is 4.79 Å². The highest BCUT2D eigenvalue weighted by atomic mass is 127. The van der Waals surface area contributed by atoms with Gasteiger partial charge in [0.05, 0.1) is 14.2 Å². The first-order chi connectivity index (χ1) is 10.5. The normalized spacial score (nSPS) is 16.5. The fourth-order valence-corrected chi connectivity index (χ4v) is 3.86. The van der Waals surface area contributed by atoms with E-state index in [4.69, 9.17) is 9.47 Å². The van der Waals surface area contributed by atoms with Crippen molar-refractivity contribution >= 4 is 28.4 Å². The Morgan fingerprint density at radius 1 is 1.00 bits per heavy atom. The van der Waals surface area contributed by atoms with Crippen molar-refractivity contribution in [2.75, 3.05) is 14.2 Å². The molecule has 0 radical (unpaired) electrons. The van der Waals surface area contributed by atoms with E-state index >= 15 is 0 Å². The maximum Gasteiger partial charge on any atom is 0.167 e. The number of rotatable bonds is 3. The van der Waals surface area contributed by atoms with E-state index in [0.717, 1.165) is 43.7 Å². The number of ketones is 1. The number of Topliss-reactive ketones (excluding diaryl/α,β-unsaturated/α-hetero) is 1. The van der Waals surface area contributed by atoms with Gasteiger partial charge in [-0.05, 0) is 63.9 Å². The lowest BCUT2D eigenvalue weighted by molar-refractivity contribution is 0.0945. The molecule has 3 rings (SSSR count). The van der Waals surface area contributed by atoms with E-state index in [-0.39, 0.29) is 11.7 Å². The lowest BCUT2D eigenvalue weighted by Crippen LogP contribution is -2.04. The lowest BCUT2D eigenvalue weighted by atomic mass is 10.00. The summed E-state index contributed by atoms with van der Waals surface area (Å²) < 4.78 is 11.7. The van der Waals surface area contributed by atoms with Crippen molar-refractivity contribution in [2.24, 2.45) is 5.92 Å². The summed E-state index contributed by atoms with van der Waals surface area (Å²) in [5.74, 6) is 1.86. The molecule has 0 aliphatic heterocycles. The van der Waals surface area contributed by atoms with E-state index in [2.05, 4.69) is 34.7 Å². The molecule has 4 heteroatoms. The van der Waals surface area contributed by atoms with Gasteiger partial charge >= 0.3 is 0 Å². The molecule has 2 aromatic rings. The molecule has 0 spiro atoms. The zero-order chi connectivity index (χ0) is 15.9. The molecule has 0 saturated carbocycles. The number of carbonyl (C=O) groups excluding carboxylic acids is 1. The number of carbonyl (C=O) groups is 1. The molecule has 0 aromatic heterocycles. The first-order valence-electron chi connectivity index (χ1n) is 7.13. The third-order valence-corrected chi connectivity index (χ3v) is 4.93. The molecule has 1 unspecified atom stereocenters. The van der Waals surface area contributed by atoms with Gasteiger partial charge in [-0.15, -0.1) is 0 Å². The molecule has 1 aliphatic carbocycles. The zero-order valence-electron chi connectivity index (χ0n) is 12.8. The summed E-state index contributed by atoms with van der Waals surface area (Å²) in [7, 11) is 3.29. The minimum absolute atomic E-state index is 0.0820. The van der Waals surface area contributed by atoms with Crippen LogP contribution in [0.15, 0.2) is 30.3 Å². The van der Waals surface area contributed by atoms with Crippen LogP contribution in [-0.4, -0.2) is 20.0 Å². The summed E-state index contributed by atoms with van der Waals surface area (Å²) >= 11 is 2.26. The van der Waals surface area contributed by atoms with Gasteiger partial charge in [0.1, 0.15) is 11.5 Å². The predicted octanol–water partition coefficient (Wildman–Crippen LogP) is 4.35. The van der Waals surface area contributed by atoms with Crippen LogP contribution in [0, 0.1) is 9.49 Å². The standard InChI is InChI=1S/C18H17IO3/c1-10-4-13-5-11(8-16(19)17(13)18(10)20)12-6-14(21-2)9-15(7-12)22-3/h5-10H,4H2,1-3H3. The smallest absolute Gasteiger partial charge is 0.167 e. The molecule has 114 valence electrons. The van der Waals surface area contributed by atoms with Crippen molar-refractivity contribution in [1.29, 1.82) is 0 Å². The van der Waals surface area contributed by atoms with Gasteiger partial charge < -0.3 is 9.47 Å². The maximum absolute atomic E-state index is 12.2. The minimum Gasteiger partial charge on any atom is -0.497 e. The molecule has 22 heavy (non-hydrogen) atoms. The molecule has 0 amide bonds. The van der Waals surface area contributed by atoms with Gasteiger partial charge in [-0.2, -0.15) is 0 Å². The summed E-state index contributed by atoms with van der Waals surface area (Å²) in [5, 5.41) is 0. The zero-order valence-corrected chi connectivity index (χ0v) is 14.9. The number of methoxy groups -OCH3 is 2. The van der Waals surface area contributed by atoms with E-state index in [0.29, 0.717) is 0 Å². The monoisotopic (exact) mass is 408 g/mol. The second-order valence-corrected chi connectivity index (χ2v) is 6.73. The molecule has 0 heterocycles. The molecule has 1 atom stereocenters. The van der Waals surface area contributed by atoms with Crippen LogP contribution < -0.4 is 9.47 Å². The molecule has 0 saturated heterocycles. The third-order valence-electron chi connectivity index (χ3n) is 4.08. The molecular weight excluding hydrogens is 391 g/mol. The number of ether oxygens (including phenoxy) is 2. The highest BCUT2D eigenvalue weighted by Gasteiger charge is 2.29. The van der Waals surface area contributed by atoms with Crippen LogP contribution in [0.4, 0.5) is 0 Å². The van der Waals surface area contributed by atoms with E-state index in [1.807, 2.05) is 25.1 Å². The van der Waals surface area contributed by atoms with Crippen molar-refractivity contribution < 1.29 is 14.3 Å². The van der Waals surface area contributed by atoms with Gasteiger partial charge in [0.15, 0.2) is 5.78 Å². The molecule has 0 N–H and O–H groups in total. The maximum atomic E-state index is 12.2. The van der Waals surface area contributed by atoms with E-state index in [1.165, 1.54) is 0 Å². The van der Waals surface area contributed by atoms with Crippen LogP contribution >= 0.6 is 22.6 Å². The summed E-state index contributed by atoms with van der Waals surface area (Å²) in [6.45, 7) is 1.99. The Morgan fingerprint density at radius 3 is 2.18 bits per heavy atom. The lowest BCUT2D eigenvalue weighted by Gasteiger charge is -2.11. The second-order valence-electron chi connectivity index (χ2n) is 5.56. The highest BCUT2D eigenvalue weighted by molar-refractivity contribution is 14.1. The van der Waals surface area contributed by atoms with Crippen LogP contribution in [0.5, 0.6) is 11.5 Å². The molecule has 3 nitrogen and oxygen atoms in total. The predicted molar refractivity (Wildman–Crippen MR) is 94.9 cm³/mol. The largest absolute Gasteiger partial charge is 0.497 e. The van der Waals surface area contributed by atoms with Crippen LogP contribution in [-0.2, 0) is 6.42 Å². The molecule has 0 bridgehead atoms. The third kappa shape index (κ3) is 2.60. The number of hydrogen-bond acceptors (Lipinski definition) is 3. The fourth-order valence-electron chi connectivity index (χ4n) is 2.91. The van der Waals surface area contributed by atoms with Gasteiger partial charge in [0.25, 0.3) is 0 Å². The Kier molecular flexibility index (Phi) is 4.12. The molecular formula is C18H17IO3. The Balaban J connectivity index is 2.13. The number of fused-ring (bicyclic) bond motifs is 1. The number of benzene rings is 2. The van der Waals surface area contributed by atoms with Crippen LogP contribution in [0.25, 0.3) is 11.1 Å². The Labute approximate surface area is 143 Å². The second kappa shape index (κ2) is 5.91. The van der Waals surface area contributed by atoms with Crippen LogP contribution in [0.2, 0.25) is 0 Å². The van der Waals surface area contributed by atoms with E-state index < -0.39 is 0 Å². The Morgan fingerprint density at radius 2 is 1.59 bits per heavy atom. The van der Waals surface area contributed by atoms with Gasteiger partial charge in [-0.3, -0.25) is 4.79 Å². The number of halogens is 1. The van der Waals surface area contributed by atoms with Crippen LogP contribution in [0.3, 0.4) is 0 Å². The van der Waals surface area contributed by atoms with Gasteiger partial charge in [-0.1, -0.05) is 13.0 Å². The van der Waals surface area contributed by atoms with Gasteiger partial charge in [-0.25, -0.2) is 0 Å². The highest BCUT2D eigenvalue weighted by Crippen LogP contribution is 2.36. The van der Waals surface area contributed by atoms with Crippen LogP contribution in [0.1, 0.15) is 22.8 Å². The SMILES string of the molecule is COc1cc(OC)cc(-c2cc(I)c3c(c2)CC(C)C3=O)c1. The number of hydrogen-bond donors (Lipinski definition) is 0. The van der Waals surface area contributed by atoms with Crippen molar-refractivity contribution in [1.82, 2.24) is 0 Å². The molecule has 1 aliphatic rings. The van der Waals surface area contributed by atoms with Crippen molar-refractivity contribution in [3.63, 3.8) is 0 Å². The summed E-state index contributed by atoms with van der Waals surface area (Å²) in [4.78, 5) is 12.2.